The van der Waals surface area contributed by atoms with Crippen LogP contribution in [-0.4, -0.2) is 36.4 Å². The van der Waals surface area contributed by atoms with Gasteiger partial charge in [0.15, 0.2) is 12.4 Å². The highest BCUT2D eigenvalue weighted by Crippen LogP contribution is 2.19. The van der Waals surface area contributed by atoms with E-state index < -0.39 is 24.3 Å². The molecule has 0 aliphatic carbocycles. The number of ketones is 1. The van der Waals surface area contributed by atoms with Crippen molar-refractivity contribution in [1.82, 2.24) is 4.98 Å². The van der Waals surface area contributed by atoms with E-state index in [2.05, 4.69) is 9.72 Å². The third-order valence-electron chi connectivity index (χ3n) is 3.16. The average molecular weight is 305 g/mol. The molecular formula is C15H15NO6. The first-order valence-corrected chi connectivity index (χ1v) is 6.47. The van der Waals surface area contributed by atoms with Gasteiger partial charge in [-0.15, -0.1) is 0 Å². The van der Waals surface area contributed by atoms with Crippen LogP contribution in [0.1, 0.15) is 42.7 Å². The maximum Gasteiger partial charge on any atom is 0.355 e. The Morgan fingerprint density at radius 1 is 1.23 bits per heavy atom. The molecule has 0 spiro atoms. The lowest BCUT2D eigenvalue weighted by atomic mass is 10.1. The van der Waals surface area contributed by atoms with E-state index >= 15 is 0 Å². The number of nitrogens with one attached hydrogen (secondary N) is 1. The quantitative estimate of drug-likeness (QED) is 0.670. The van der Waals surface area contributed by atoms with Crippen LogP contribution in [0.15, 0.2) is 22.8 Å². The molecule has 2 aromatic heterocycles. The third-order valence-corrected chi connectivity index (χ3v) is 3.16. The topological polar surface area (TPSA) is 98.6 Å². The van der Waals surface area contributed by atoms with Gasteiger partial charge < -0.3 is 18.9 Å². The molecule has 0 fully saturated rings. The van der Waals surface area contributed by atoms with Crippen LogP contribution in [-0.2, 0) is 9.47 Å². The minimum absolute atomic E-state index is 0.113. The summed E-state index contributed by atoms with van der Waals surface area (Å²) in [5, 5.41) is 0. The molecule has 0 aromatic carbocycles. The number of carbonyl (C=O) groups is 3. The number of H-pyrrole nitrogens is 1. The highest BCUT2D eigenvalue weighted by molar-refractivity contribution is 6.00. The number of aromatic nitrogens is 1. The van der Waals surface area contributed by atoms with Gasteiger partial charge in [-0.1, -0.05) is 0 Å². The Labute approximate surface area is 126 Å². The lowest BCUT2D eigenvalue weighted by Gasteiger charge is -2.03. The third kappa shape index (κ3) is 2.93. The van der Waals surface area contributed by atoms with Crippen molar-refractivity contribution in [1.29, 1.82) is 0 Å². The largest absolute Gasteiger partial charge is 0.465 e. The Balaban J connectivity index is 2.10. The van der Waals surface area contributed by atoms with Crippen molar-refractivity contribution in [2.45, 2.75) is 13.8 Å². The lowest BCUT2D eigenvalue weighted by molar-refractivity contribution is 0.0462. The van der Waals surface area contributed by atoms with Crippen molar-refractivity contribution in [3.05, 3.63) is 46.7 Å². The molecule has 0 amide bonds. The summed E-state index contributed by atoms with van der Waals surface area (Å²) in [5.41, 5.74) is 1.31. The molecule has 2 rings (SSSR count). The van der Waals surface area contributed by atoms with Crippen molar-refractivity contribution >= 4 is 17.7 Å². The van der Waals surface area contributed by atoms with Crippen LogP contribution < -0.4 is 0 Å². The summed E-state index contributed by atoms with van der Waals surface area (Å²) < 4.78 is 14.5. The summed E-state index contributed by atoms with van der Waals surface area (Å²) >= 11 is 0. The average Bonchev–Trinajstić information content (AvgIpc) is 3.12. The number of aromatic amines is 1. The minimum Gasteiger partial charge on any atom is -0.465 e. The molecule has 7 nitrogen and oxygen atoms in total. The van der Waals surface area contributed by atoms with Crippen molar-refractivity contribution in [3.8, 4) is 0 Å². The van der Waals surface area contributed by atoms with Gasteiger partial charge in [-0.3, -0.25) is 4.79 Å². The Kier molecular flexibility index (Phi) is 4.45. The van der Waals surface area contributed by atoms with Gasteiger partial charge in [0, 0.05) is 5.69 Å². The molecule has 0 saturated carbocycles. The summed E-state index contributed by atoms with van der Waals surface area (Å²) in [7, 11) is 1.26. The lowest BCUT2D eigenvalue weighted by Crippen LogP contribution is -2.15. The van der Waals surface area contributed by atoms with E-state index in [0.29, 0.717) is 11.3 Å². The van der Waals surface area contributed by atoms with Crippen molar-refractivity contribution in [2.75, 3.05) is 13.7 Å². The van der Waals surface area contributed by atoms with Crippen LogP contribution in [0.25, 0.3) is 0 Å². The van der Waals surface area contributed by atoms with E-state index in [4.69, 9.17) is 9.15 Å². The first-order chi connectivity index (χ1) is 10.5. The first kappa shape index (κ1) is 15.6. The predicted molar refractivity (Wildman–Crippen MR) is 74.9 cm³/mol. The Bertz CT molecular complexity index is 711. The van der Waals surface area contributed by atoms with Crippen LogP contribution in [0.2, 0.25) is 0 Å². The maximum atomic E-state index is 12.0. The number of furan rings is 1. The van der Waals surface area contributed by atoms with Crippen LogP contribution in [0.4, 0.5) is 0 Å². The minimum atomic E-state index is -0.726. The van der Waals surface area contributed by atoms with Gasteiger partial charge in [-0.2, -0.15) is 0 Å². The van der Waals surface area contributed by atoms with Gasteiger partial charge in [0.2, 0.25) is 5.78 Å². The number of hydrogen-bond donors (Lipinski definition) is 1. The maximum absolute atomic E-state index is 12.0. The van der Waals surface area contributed by atoms with E-state index in [0.717, 1.165) is 0 Å². The molecule has 2 aromatic rings. The number of hydrogen-bond acceptors (Lipinski definition) is 6. The van der Waals surface area contributed by atoms with Crippen molar-refractivity contribution in [3.63, 3.8) is 0 Å². The second kappa shape index (κ2) is 6.30. The first-order valence-electron chi connectivity index (χ1n) is 6.47. The molecule has 7 heteroatoms. The number of carbonyl (C=O) groups excluding carboxylic acids is 3. The van der Waals surface area contributed by atoms with Gasteiger partial charge in [0.25, 0.3) is 0 Å². The Hall–Kier alpha value is -2.83. The van der Waals surface area contributed by atoms with Crippen LogP contribution >= 0.6 is 0 Å². The van der Waals surface area contributed by atoms with E-state index in [9.17, 15) is 14.4 Å². The van der Waals surface area contributed by atoms with Gasteiger partial charge in [-0.25, -0.2) is 9.59 Å². The number of rotatable bonds is 5. The second-order valence-corrected chi connectivity index (χ2v) is 4.59. The van der Waals surface area contributed by atoms with Crippen LogP contribution in [0, 0.1) is 13.8 Å². The molecule has 0 saturated heterocycles. The molecule has 0 atom stereocenters. The summed E-state index contributed by atoms with van der Waals surface area (Å²) in [6, 6.07) is 3.05. The fourth-order valence-corrected chi connectivity index (χ4v) is 2.07. The smallest absolute Gasteiger partial charge is 0.355 e. The molecule has 116 valence electrons. The molecule has 22 heavy (non-hydrogen) atoms. The van der Waals surface area contributed by atoms with E-state index in [1.807, 2.05) is 0 Å². The Morgan fingerprint density at radius 3 is 2.55 bits per heavy atom. The fourth-order valence-electron chi connectivity index (χ4n) is 2.07. The zero-order valence-electron chi connectivity index (χ0n) is 12.4. The zero-order chi connectivity index (χ0) is 16.3. The van der Waals surface area contributed by atoms with Crippen molar-refractivity contribution in [2.24, 2.45) is 0 Å². The van der Waals surface area contributed by atoms with Gasteiger partial charge in [0.1, 0.15) is 5.69 Å². The van der Waals surface area contributed by atoms with Crippen LogP contribution in [0.3, 0.4) is 0 Å². The fraction of sp³-hybridized carbons (Fsp3) is 0.267. The highest BCUT2D eigenvalue weighted by Gasteiger charge is 2.24. The van der Waals surface area contributed by atoms with Gasteiger partial charge in [0.05, 0.1) is 18.9 Å². The second-order valence-electron chi connectivity index (χ2n) is 4.59. The molecule has 2 heterocycles. The number of esters is 2. The summed E-state index contributed by atoms with van der Waals surface area (Å²) in [5.74, 6) is -1.61. The molecular weight excluding hydrogens is 290 g/mol. The molecule has 0 radical (unpaired) electrons. The van der Waals surface area contributed by atoms with Crippen molar-refractivity contribution < 1.29 is 28.3 Å². The molecule has 0 aliphatic heterocycles. The summed E-state index contributed by atoms with van der Waals surface area (Å²) in [6.07, 6.45) is 1.36. The number of methoxy groups -OCH3 is 1. The monoisotopic (exact) mass is 305 g/mol. The number of aryl methyl sites for hydroxylation is 1. The van der Waals surface area contributed by atoms with E-state index in [1.54, 1.807) is 19.9 Å². The van der Waals surface area contributed by atoms with E-state index in [-0.39, 0.29) is 17.0 Å². The normalized spacial score (nSPS) is 10.3. The predicted octanol–water partition coefficient (Wildman–Crippen LogP) is 2.05. The summed E-state index contributed by atoms with van der Waals surface area (Å²) in [6.45, 7) is 2.79. The number of ether oxygens (including phenoxy) is 2. The molecule has 1 N–H and O–H groups in total. The molecule has 0 aliphatic rings. The number of Topliss-reactive ketones (excluding diaryl/α,β-unsaturated/α-hetero) is 1. The summed E-state index contributed by atoms with van der Waals surface area (Å²) in [4.78, 5) is 38.2. The highest BCUT2D eigenvalue weighted by atomic mass is 16.5. The van der Waals surface area contributed by atoms with E-state index in [1.165, 1.54) is 19.4 Å². The molecule has 0 unspecified atom stereocenters. The standard InChI is InChI=1S/C15H15NO6/c1-8-12(14(18)20-3)9(2)16-13(8)15(19)22-7-10(17)11-5-4-6-21-11/h4-6,16H,7H2,1-3H3. The zero-order valence-corrected chi connectivity index (χ0v) is 12.4. The molecule has 0 bridgehead atoms. The van der Waals surface area contributed by atoms with Gasteiger partial charge in [-0.05, 0) is 31.5 Å². The SMILES string of the molecule is COC(=O)c1c(C)[nH]c(C(=O)OCC(=O)c2ccco2)c1C. The van der Waals surface area contributed by atoms with Gasteiger partial charge >= 0.3 is 11.9 Å². The Morgan fingerprint density at radius 2 is 1.95 bits per heavy atom. The van der Waals surface area contributed by atoms with Crippen LogP contribution in [0.5, 0.6) is 0 Å².